The van der Waals surface area contributed by atoms with Crippen LogP contribution in [0.25, 0.3) is 11.1 Å². The van der Waals surface area contributed by atoms with E-state index in [0.717, 1.165) is 22.6 Å². The predicted octanol–water partition coefficient (Wildman–Crippen LogP) is 4.86. The van der Waals surface area contributed by atoms with Crippen LogP contribution in [0.2, 0.25) is 0 Å². The van der Waals surface area contributed by atoms with Crippen LogP contribution in [0.3, 0.4) is 0 Å². The highest BCUT2D eigenvalue weighted by atomic mass is 32.1. The Labute approximate surface area is 173 Å². The molecule has 0 unspecified atom stereocenters. The summed E-state index contributed by atoms with van der Waals surface area (Å²) in [5, 5.41) is 5.09. The van der Waals surface area contributed by atoms with Crippen molar-refractivity contribution in [2.45, 2.75) is 20.8 Å². The van der Waals surface area contributed by atoms with Crippen molar-refractivity contribution < 1.29 is 19.1 Å². The summed E-state index contributed by atoms with van der Waals surface area (Å²) in [5.74, 6) is -0.134. The Morgan fingerprint density at radius 3 is 2.48 bits per heavy atom. The molecule has 0 fully saturated rings. The van der Waals surface area contributed by atoms with Gasteiger partial charge in [-0.2, -0.15) is 0 Å². The molecule has 0 aliphatic heterocycles. The highest BCUT2D eigenvalue weighted by Crippen LogP contribution is 2.37. The molecular formula is C22H22N2O4S. The first-order chi connectivity index (χ1) is 13.9. The number of rotatable bonds is 6. The molecule has 0 aliphatic rings. The summed E-state index contributed by atoms with van der Waals surface area (Å²) < 4.78 is 10.4. The van der Waals surface area contributed by atoms with Gasteiger partial charge in [-0.05, 0) is 56.2 Å². The number of ether oxygens (including phenoxy) is 2. The van der Waals surface area contributed by atoms with E-state index in [0.29, 0.717) is 21.8 Å². The molecule has 0 saturated carbocycles. The maximum absolute atomic E-state index is 12.7. The van der Waals surface area contributed by atoms with Crippen molar-refractivity contribution >= 4 is 28.2 Å². The van der Waals surface area contributed by atoms with Gasteiger partial charge in [0.25, 0.3) is 5.91 Å². The number of anilines is 1. The molecule has 1 aromatic carbocycles. The number of amides is 1. The highest BCUT2D eigenvalue weighted by Gasteiger charge is 2.23. The fraction of sp³-hybridized carbons (Fsp3) is 0.227. The normalized spacial score (nSPS) is 10.5. The molecule has 2 aromatic heterocycles. The average molecular weight is 410 g/mol. The van der Waals surface area contributed by atoms with Crippen LogP contribution in [0.5, 0.6) is 5.75 Å². The van der Waals surface area contributed by atoms with E-state index < -0.39 is 5.97 Å². The number of aromatic nitrogens is 1. The second-order valence-corrected chi connectivity index (χ2v) is 7.31. The van der Waals surface area contributed by atoms with E-state index >= 15 is 0 Å². The molecule has 1 N–H and O–H groups in total. The second-order valence-electron chi connectivity index (χ2n) is 6.43. The first-order valence-electron chi connectivity index (χ1n) is 9.12. The van der Waals surface area contributed by atoms with Gasteiger partial charge in [0.1, 0.15) is 22.0 Å². The molecule has 3 aromatic rings. The fourth-order valence-corrected chi connectivity index (χ4v) is 3.92. The predicted molar refractivity (Wildman–Crippen MR) is 114 cm³/mol. The lowest BCUT2D eigenvalue weighted by molar-refractivity contribution is 0.0529. The van der Waals surface area contributed by atoms with Gasteiger partial charge in [0, 0.05) is 16.6 Å². The van der Waals surface area contributed by atoms with Crippen molar-refractivity contribution in [3.05, 3.63) is 64.3 Å². The third-order valence-corrected chi connectivity index (χ3v) is 5.12. The van der Waals surface area contributed by atoms with Crippen LogP contribution >= 0.6 is 11.3 Å². The number of aryl methyl sites for hydroxylation is 2. The Morgan fingerprint density at radius 1 is 1.14 bits per heavy atom. The third kappa shape index (κ3) is 4.63. The quantitative estimate of drug-likeness (QED) is 0.587. The zero-order valence-electron chi connectivity index (χ0n) is 16.7. The Bertz CT molecular complexity index is 1020. The minimum atomic E-state index is -0.483. The molecule has 2 heterocycles. The van der Waals surface area contributed by atoms with Crippen LogP contribution in [-0.4, -0.2) is 30.6 Å². The van der Waals surface area contributed by atoms with Crippen LogP contribution in [-0.2, 0) is 4.74 Å². The molecule has 7 heteroatoms. The van der Waals surface area contributed by atoms with Gasteiger partial charge in [0.15, 0.2) is 0 Å². The molecular weight excluding hydrogens is 388 g/mol. The average Bonchev–Trinajstić information content (AvgIpc) is 3.11. The van der Waals surface area contributed by atoms with E-state index in [2.05, 4.69) is 10.3 Å². The van der Waals surface area contributed by atoms with E-state index in [1.165, 1.54) is 11.3 Å². The highest BCUT2D eigenvalue weighted by molar-refractivity contribution is 7.15. The standard InChI is InChI=1S/C22H22N2O4S/c1-5-28-22(26)19-17(15-6-8-16(27-4)9-7-15)12-29-21(19)24-20(25)18-11-13(2)10-14(3)23-18/h6-12H,5H2,1-4H3,(H,24,25). The van der Waals surface area contributed by atoms with E-state index in [9.17, 15) is 9.59 Å². The topological polar surface area (TPSA) is 77.5 Å². The number of hydrogen-bond acceptors (Lipinski definition) is 6. The van der Waals surface area contributed by atoms with Crippen LogP contribution in [0, 0.1) is 13.8 Å². The minimum Gasteiger partial charge on any atom is -0.497 e. The molecule has 0 saturated heterocycles. The van der Waals surface area contributed by atoms with Crippen molar-refractivity contribution in [2.75, 3.05) is 19.0 Å². The lowest BCUT2D eigenvalue weighted by atomic mass is 10.0. The van der Waals surface area contributed by atoms with Crippen molar-refractivity contribution in [1.29, 1.82) is 0 Å². The zero-order chi connectivity index (χ0) is 21.0. The Hall–Kier alpha value is -3.19. The van der Waals surface area contributed by atoms with Gasteiger partial charge < -0.3 is 14.8 Å². The number of nitrogens with one attached hydrogen (secondary N) is 1. The molecule has 0 radical (unpaired) electrons. The first-order valence-corrected chi connectivity index (χ1v) is 10.0. The summed E-state index contributed by atoms with van der Waals surface area (Å²) in [4.78, 5) is 29.7. The number of hydrogen-bond donors (Lipinski definition) is 1. The lowest BCUT2D eigenvalue weighted by Gasteiger charge is -2.09. The van der Waals surface area contributed by atoms with E-state index in [1.807, 2.05) is 49.6 Å². The molecule has 150 valence electrons. The SMILES string of the molecule is CCOC(=O)c1c(-c2ccc(OC)cc2)csc1NC(=O)c1cc(C)cc(C)n1. The number of pyridine rings is 1. The van der Waals surface area contributed by atoms with Gasteiger partial charge in [-0.1, -0.05) is 12.1 Å². The monoisotopic (exact) mass is 410 g/mol. The smallest absolute Gasteiger partial charge is 0.341 e. The Kier molecular flexibility index (Phi) is 6.29. The number of methoxy groups -OCH3 is 1. The number of carbonyl (C=O) groups excluding carboxylic acids is 2. The molecule has 0 atom stereocenters. The summed E-state index contributed by atoms with van der Waals surface area (Å²) in [7, 11) is 1.60. The second kappa shape index (κ2) is 8.87. The van der Waals surface area contributed by atoms with E-state index in [-0.39, 0.29) is 12.5 Å². The number of esters is 1. The lowest BCUT2D eigenvalue weighted by Crippen LogP contribution is -2.16. The van der Waals surface area contributed by atoms with Crippen LogP contribution in [0.1, 0.15) is 39.0 Å². The molecule has 3 rings (SSSR count). The molecule has 6 nitrogen and oxygen atoms in total. The van der Waals surface area contributed by atoms with Crippen molar-refractivity contribution in [2.24, 2.45) is 0 Å². The number of nitrogens with zero attached hydrogens (tertiary/aromatic N) is 1. The van der Waals surface area contributed by atoms with Crippen LogP contribution in [0.15, 0.2) is 41.8 Å². The van der Waals surface area contributed by atoms with Crippen molar-refractivity contribution in [3.63, 3.8) is 0 Å². The Balaban J connectivity index is 1.98. The van der Waals surface area contributed by atoms with Gasteiger partial charge in [-0.25, -0.2) is 9.78 Å². The number of benzene rings is 1. The summed E-state index contributed by atoms with van der Waals surface area (Å²) in [6.07, 6.45) is 0. The third-order valence-electron chi connectivity index (χ3n) is 4.23. The largest absolute Gasteiger partial charge is 0.497 e. The van der Waals surface area contributed by atoms with Gasteiger partial charge in [0.2, 0.25) is 0 Å². The van der Waals surface area contributed by atoms with E-state index in [4.69, 9.17) is 9.47 Å². The molecule has 0 spiro atoms. The number of thiophene rings is 1. The first kappa shape index (κ1) is 20.5. The Morgan fingerprint density at radius 2 is 1.86 bits per heavy atom. The van der Waals surface area contributed by atoms with Crippen LogP contribution in [0.4, 0.5) is 5.00 Å². The molecule has 29 heavy (non-hydrogen) atoms. The van der Waals surface area contributed by atoms with Gasteiger partial charge in [-0.15, -0.1) is 11.3 Å². The minimum absolute atomic E-state index is 0.239. The van der Waals surface area contributed by atoms with Gasteiger partial charge in [0.05, 0.1) is 13.7 Å². The fourth-order valence-electron chi connectivity index (χ4n) is 2.96. The maximum Gasteiger partial charge on any atom is 0.341 e. The van der Waals surface area contributed by atoms with Crippen molar-refractivity contribution in [3.8, 4) is 16.9 Å². The maximum atomic E-state index is 12.7. The number of carbonyl (C=O) groups is 2. The van der Waals surface area contributed by atoms with Gasteiger partial charge in [-0.3, -0.25) is 4.79 Å². The zero-order valence-corrected chi connectivity index (χ0v) is 17.6. The van der Waals surface area contributed by atoms with Crippen LogP contribution < -0.4 is 10.1 Å². The van der Waals surface area contributed by atoms with E-state index in [1.54, 1.807) is 20.1 Å². The molecule has 0 aliphatic carbocycles. The van der Waals surface area contributed by atoms with Gasteiger partial charge >= 0.3 is 5.97 Å². The molecule has 0 bridgehead atoms. The summed E-state index contributed by atoms with van der Waals surface area (Å²) in [5.41, 5.74) is 3.86. The summed E-state index contributed by atoms with van der Waals surface area (Å²) in [6.45, 7) is 5.72. The van der Waals surface area contributed by atoms with Crippen molar-refractivity contribution in [1.82, 2.24) is 4.98 Å². The summed E-state index contributed by atoms with van der Waals surface area (Å²) >= 11 is 1.27. The summed E-state index contributed by atoms with van der Waals surface area (Å²) in [6, 6.07) is 11.0. The molecule has 1 amide bonds.